The van der Waals surface area contributed by atoms with Crippen LogP contribution in [0.4, 0.5) is 0 Å². The molecule has 0 aliphatic heterocycles. The van der Waals surface area contributed by atoms with Crippen molar-refractivity contribution >= 4 is 11.8 Å². The van der Waals surface area contributed by atoms with Crippen LogP contribution < -0.4 is 0 Å². The lowest BCUT2D eigenvalue weighted by Crippen LogP contribution is -2.05. The van der Waals surface area contributed by atoms with Crippen molar-refractivity contribution in [2.45, 2.75) is 6.92 Å². The Morgan fingerprint density at radius 3 is 1.20 bits per heavy atom. The summed E-state index contributed by atoms with van der Waals surface area (Å²) in [5.41, 5.74) is 0. The largest absolute Gasteiger partial charge is 0.476 e. The Morgan fingerprint density at radius 1 is 1.10 bits per heavy atom. The van der Waals surface area contributed by atoms with Gasteiger partial charge in [-0.2, -0.15) is 0 Å². The molecule has 58 valence electrons. The highest BCUT2D eigenvalue weighted by Crippen LogP contribution is 1.61. The summed E-state index contributed by atoms with van der Waals surface area (Å²) >= 11 is 0. The molecule has 3 heteroatoms. The summed E-state index contributed by atoms with van der Waals surface area (Å²) in [4.78, 5) is 18.9. The molecule has 0 fully saturated rings. The zero-order valence-corrected chi connectivity index (χ0v) is 6.09. The van der Waals surface area contributed by atoms with Gasteiger partial charge in [-0.05, 0) is 0 Å². The van der Waals surface area contributed by atoms with Crippen LogP contribution in [0.25, 0.3) is 0 Å². The Balaban J connectivity index is -0.000000105. The van der Waals surface area contributed by atoms with Gasteiger partial charge in [0.15, 0.2) is 0 Å². The minimum atomic E-state index is -1.38. The summed E-state index contributed by atoms with van der Waals surface area (Å²) in [6.07, 6.45) is 0. The second kappa shape index (κ2) is 15.6. The van der Waals surface area contributed by atoms with Gasteiger partial charge in [-0.3, -0.25) is 4.79 Å². The summed E-state index contributed by atoms with van der Waals surface area (Å²) in [6.45, 7) is 13.0. The van der Waals surface area contributed by atoms with Crippen LogP contribution in [0.15, 0.2) is 26.3 Å². The summed E-state index contributed by atoms with van der Waals surface area (Å²) in [7, 11) is 0. The fourth-order valence-corrected chi connectivity index (χ4v) is 0. The minimum Gasteiger partial charge on any atom is -0.476 e. The van der Waals surface area contributed by atoms with Crippen molar-refractivity contribution in [3.8, 4) is 0 Å². The highest BCUT2D eigenvalue weighted by molar-refractivity contribution is 6.31. The monoisotopic (exact) mass is 144 g/mol. The number of hydrogen-bond donors (Lipinski definition) is 1. The third kappa shape index (κ3) is 30.5. The van der Waals surface area contributed by atoms with Crippen LogP contribution in [0.3, 0.4) is 0 Å². The van der Waals surface area contributed by atoms with Crippen LogP contribution in [-0.4, -0.2) is 16.9 Å². The fourth-order valence-electron chi connectivity index (χ4n) is 0. The quantitative estimate of drug-likeness (QED) is 0.445. The van der Waals surface area contributed by atoms with E-state index in [2.05, 4.69) is 26.3 Å². The Morgan fingerprint density at radius 2 is 1.20 bits per heavy atom. The number of Topliss-reactive ketones (excluding diaryl/α,β-unsaturated/α-hetero) is 1. The molecule has 0 aliphatic carbocycles. The number of carboxylic acid groups (broad SMARTS) is 1. The van der Waals surface area contributed by atoms with Gasteiger partial charge in [0.1, 0.15) is 0 Å². The SMILES string of the molecule is C=C.C=C.CC(=O)C(=O)O. The summed E-state index contributed by atoms with van der Waals surface area (Å²) < 4.78 is 0. The zero-order valence-electron chi connectivity index (χ0n) is 6.09. The first-order chi connectivity index (χ1) is 4.64. The van der Waals surface area contributed by atoms with E-state index in [1.54, 1.807) is 0 Å². The topological polar surface area (TPSA) is 54.4 Å². The molecule has 0 aromatic carbocycles. The van der Waals surface area contributed by atoms with Crippen molar-refractivity contribution in [1.29, 1.82) is 0 Å². The number of carbonyl (C=O) groups is 2. The number of aliphatic carboxylic acids is 1. The van der Waals surface area contributed by atoms with E-state index in [4.69, 9.17) is 5.11 Å². The normalized spacial score (nSPS) is 5.30. The Bertz CT molecular complexity index is 93.4. The predicted molar refractivity (Wildman–Crippen MR) is 40.8 cm³/mol. The van der Waals surface area contributed by atoms with Crippen molar-refractivity contribution in [2.75, 3.05) is 0 Å². The first-order valence-corrected chi connectivity index (χ1v) is 2.38. The number of hydrogen-bond acceptors (Lipinski definition) is 2. The lowest BCUT2D eigenvalue weighted by Gasteiger charge is -1.73. The molecule has 0 spiro atoms. The fraction of sp³-hybridized carbons (Fsp3) is 0.143. The smallest absolute Gasteiger partial charge is 0.371 e. The third-order valence-corrected chi connectivity index (χ3v) is 0.301. The molecule has 0 rings (SSSR count). The summed E-state index contributed by atoms with van der Waals surface area (Å²) in [5.74, 6) is -2.20. The molecule has 10 heavy (non-hydrogen) atoms. The van der Waals surface area contributed by atoms with Crippen molar-refractivity contribution in [3.05, 3.63) is 26.3 Å². The lowest BCUT2D eigenvalue weighted by atomic mass is 10.5. The second-order valence-electron chi connectivity index (χ2n) is 0.861. The van der Waals surface area contributed by atoms with Gasteiger partial charge in [-0.15, -0.1) is 26.3 Å². The van der Waals surface area contributed by atoms with E-state index in [-0.39, 0.29) is 0 Å². The van der Waals surface area contributed by atoms with Crippen LogP contribution in [0.1, 0.15) is 6.92 Å². The molecule has 0 atom stereocenters. The molecule has 0 saturated carbocycles. The van der Waals surface area contributed by atoms with Crippen LogP contribution >= 0.6 is 0 Å². The number of rotatable bonds is 1. The van der Waals surface area contributed by atoms with E-state index >= 15 is 0 Å². The molecule has 0 aliphatic rings. The Labute approximate surface area is 60.7 Å². The van der Waals surface area contributed by atoms with Crippen LogP contribution in [0.5, 0.6) is 0 Å². The maximum atomic E-state index is 9.54. The van der Waals surface area contributed by atoms with Gasteiger partial charge in [-0.1, -0.05) is 0 Å². The van der Waals surface area contributed by atoms with Crippen LogP contribution in [-0.2, 0) is 9.59 Å². The molecule has 0 saturated heterocycles. The van der Waals surface area contributed by atoms with Crippen LogP contribution in [0, 0.1) is 0 Å². The van der Waals surface area contributed by atoms with E-state index in [1.165, 1.54) is 0 Å². The van der Waals surface area contributed by atoms with Crippen molar-refractivity contribution in [1.82, 2.24) is 0 Å². The van der Waals surface area contributed by atoms with Crippen molar-refractivity contribution < 1.29 is 14.7 Å². The number of carbonyl (C=O) groups excluding carboxylic acids is 1. The van der Waals surface area contributed by atoms with E-state index < -0.39 is 11.8 Å². The van der Waals surface area contributed by atoms with Gasteiger partial charge in [0.2, 0.25) is 5.78 Å². The molecule has 0 heterocycles. The van der Waals surface area contributed by atoms with Gasteiger partial charge in [-0.25, -0.2) is 4.79 Å². The van der Waals surface area contributed by atoms with Gasteiger partial charge in [0.25, 0.3) is 0 Å². The molecule has 3 nitrogen and oxygen atoms in total. The molecular formula is C7H12O3. The zero-order chi connectivity index (χ0) is 9.15. The summed E-state index contributed by atoms with van der Waals surface area (Å²) in [5, 5.41) is 7.64. The van der Waals surface area contributed by atoms with E-state index in [9.17, 15) is 9.59 Å². The molecule has 0 radical (unpaired) electrons. The highest BCUT2D eigenvalue weighted by atomic mass is 16.4. The standard InChI is InChI=1S/C3H4O3.2C2H4/c1-2(4)3(5)6;2*1-2/h1H3,(H,5,6);2*1-2H2. The Kier molecular flexibility index (Phi) is 24.8. The molecular weight excluding hydrogens is 132 g/mol. The van der Waals surface area contributed by atoms with Gasteiger partial charge >= 0.3 is 5.97 Å². The van der Waals surface area contributed by atoms with E-state index in [0.29, 0.717) is 0 Å². The molecule has 0 amide bonds. The number of carboxylic acids is 1. The number of ketones is 1. The second-order valence-corrected chi connectivity index (χ2v) is 0.861. The van der Waals surface area contributed by atoms with E-state index in [0.717, 1.165) is 6.92 Å². The summed E-state index contributed by atoms with van der Waals surface area (Å²) in [6, 6.07) is 0. The van der Waals surface area contributed by atoms with Crippen molar-refractivity contribution in [3.63, 3.8) is 0 Å². The average Bonchev–Trinajstić information content (AvgIpc) is 1.96. The van der Waals surface area contributed by atoms with Crippen molar-refractivity contribution in [2.24, 2.45) is 0 Å². The first-order valence-electron chi connectivity index (χ1n) is 2.38. The van der Waals surface area contributed by atoms with Crippen LogP contribution in [0.2, 0.25) is 0 Å². The molecule has 0 bridgehead atoms. The molecule has 1 N–H and O–H groups in total. The maximum Gasteiger partial charge on any atom is 0.371 e. The highest BCUT2D eigenvalue weighted by Gasteiger charge is 1.98. The predicted octanol–water partition coefficient (Wildman–Crippen LogP) is 1.26. The van der Waals surface area contributed by atoms with Gasteiger partial charge < -0.3 is 5.11 Å². The van der Waals surface area contributed by atoms with Gasteiger partial charge in [0, 0.05) is 6.92 Å². The van der Waals surface area contributed by atoms with E-state index in [1.807, 2.05) is 0 Å². The molecule has 0 aromatic heterocycles. The third-order valence-electron chi connectivity index (χ3n) is 0.301. The molecule has 0 unspecified atom stereocenters. The maximum absolute atomic E-state index is 9.54. The molecule has 0 aromatic rings. The first kappa shape index (κ1) is 15.8. The lowest BCUT2D eigenvalue weighted by molar-refractivity contribution is -0.148. The van der Waals surface area contributed by atoms with Gasteiger partial charge in [0.05, 0.1) is 0 Å². The Hall–Kier alpha value is -1.38. The average molecular weight is 144 g/mol. The minimum absolute atomic E-state index is 0.824.